The van der Waals surface area contributed by atoms with Gasteiger partial charge in [-0.25, -0.2) is 0 Å². The van der Waals surface area contributed by atoms with E-state index in [2.05, 4.69) is 44.3 Å². The highest BCUT2D eigenvalue weighted by Crippen LogP contribution is 2.31. The quantitative estimate of drug-likeness (QED) is 0.463. The number of ether oxygens (including phenoxy) is 1. The number of nitrogens with zero attached hydrogens (tertiary/aromatic N) is 7. The van der Waals surface area contributed by atoms with Crippen LogP contribution in [0.1, 0.15) is 31.2 Å². The predicted molar refractivity (Wildman–Crippen MR) is 137 cm³/mol. The number of piperazine rings is 1. The number of fused-ring (bicyclic) bond motifs is 1. The lowest BCUT2D eigenvalue weighted by atomic mass is 9.89. The molecule has 0 radical (unpaired) electrons. The summed E-state index contributed by atoms with van der Waals surface area (Å²) in [4.78, 5) is 18.5. The molecule has 0 saturated carbocycles. The highest BCUT2D eigenvalue weighted by Gasteiger charge is 2.29. The van der Waals surface area contributed by atoms with Crippen LogP contribution in [0.15, 0.2) is 41.6 Å². The molecule has 9 nitrogen and oxygen atoms in total. The molecule has 0 unspecified atom stereocenters. The first-order valence-electron chi connectivity index (χ1n) is 12.3. The van der Waals surface area contributed by atoms with Crippen molar-refractivity contribution in [2.24, 2.45) is 0 Å². The van der Waals surface area contributed by atoms with Crippen molar-refractivity contribution in [2.45, 2.75) is 36.9 Å². The molecule has 0 spiro atoms. The van der Waals surface area contributed by atoms with Gasteiger partial charge in [-0.1, -0.05) is 23.9 Å². The van der Waals surface area contributed by atoms with E-state index < -0.39 is 0 Å². The largest absolute Gasteiger partial charge is 0.492 e. The van der Waals surface area contributed by atoms with E-state index in [4.69, 9.17) is 9.84 Å². The van der Waals surface area contributed by atoms with Gasteiger partial charge in [-0.15, -0.1) is 15.3 Å². The second kappa shape index (κ2) is 10.4. The zero-order valence-corrected chi connectivity index (χ0v) is 21.4. The van der Waals surface area contributed by atoms with E-state index in [0.717, 1.165) is 67.9 Å². The smallest absolute Gasteiger partial charge is 0.239 e. The van der Waals surface area contributed by atoms with Crippen molar-refractivity contribution in [1.82, 2.24) is 29.6 Å². The third-order valence-corrected chi connectivity index (χ3v) is 7.84. The van der Waals surface area contributed by atoms with Gasteiger partial charge < -0.3 is 14.5 Å². The molecule has 1 amide bonds. The number of benzene rings is 1. The van der Waals surface area contributed by atoms with Crippen LogP contribution in [0.25, 0.3) is 5.65 Å². The standard InChI is InChI=1S/C25H33N7O2S/c1-18-24(33)29(2)14-15-30(18)16-17-34-21-6-4-19(5-7-21)20-10-12-31(13-11-20)23-9-8-22-26-27-25(35-3)32(22)28-23/h4-9,18,20H,10-17H2,1-3H3/t18-/m1/s1. The highest BCUT2D eigenvalue weighted by atomic mass is 32.2. The number of piperidine rings is 1. The normalized spacial score (nSPS) is 20.1. The first-order chi connectivity index (χ1) is 17.0. The average molecular weight is 496 g/mol. The minimum Gasteiger partial charge on any atom is -0.492 e. The van der Waals surface area contributed by atoms with Crippen LogP contribution in [0.4, 0.5) is 5.82 Å². The lowest BCUT2D eigenvalue weighted by Crippen LogP contribution is -2.55. The van der Waals surface area contributed by atoms with Gasteiger partial charge in [0.05, 0.1) is 6.04 Å². The van der Waals surface area contributed by atoms with Gasteiger partial charge in [0.25, 0.3) is 0 Å². The van der Waals surface area contributed by atoms with E-state index in [1.54, 1.807) is 16.7 Å². The molecule has 2 saturated heterocycles. The number of thioether (sulfide) groups is 1. The third-order valence-electron chi connectivity index (χ3n) is 7.22. The number of carbonyl (C=O) groups is 1. The highest BCUT2D eigenvalue weighted by molar-refractivity contribution is 7.98. The third kappa shape index (κ3) is 5.08. The fourth-order valence-electron chi connectivity index (χ4n) is 4.98. The summed E-state index contributed by atoms with van der Waals surface area (Å²) >= 11 is 1.55. The topological polar surface area (TPSA) is 79.1 Å². The minimum atomic E-state index is -0.0769. The number of amides is 1. The summed E-state index contributed by atoms with van der Waals surface area (Å²) in [6, 6.07) is 12.5. The molecule has 2 aliphatic heterocycles. The van der Waals surface area contributed by atoms with E-state index in [1.807, 2.05) is 36.9 Å². The molecule has 2 aliphatic rings. The number of anilines is 1. The van der Waals surface area contributed by atoms with Gasteiger partial charge in [-0.2, -0.15) is 4.52 Å². The molecule has 2 aromatic heterocycles. The molecule has 10 heteroatoms. The van der Waals surface area contributed by atoms with Gasteiger partial charge in [0.15, 0.2) is 5.65 Å². The Bertz CT molecular complexity index is 1160. The Hall–Kier alpha value is -2.85. The molecule has 186 valence electrons. The maximum absolute atomic E-state index is 12.2. The van der Waals surface area contributed by atoms with Gasteiger partial charge in [0, 0.05) is 39.8 Å². The molecule has 35 heavy (non-hydrogen) atoms. The lowest BCUT2D eigenvalue weighted by molar-refractivity contribution is -0.139. The van der Waals surface area contributed by atoms with Crippen molar-refractivity contribution in [3.05, 3.63) is 42.0 Å². The van der Waals surface area contributed by atoms with Crippen LogP contribution in [-0.4, -0.2) is 94.2 Å². The Morgan fingerprint density at radius 3 is 2.54 bits per heavy atom. The van der Waals surface area contributed by atoms with Crippen LogP contribution in [0, 0.1) is 0 Å². The molecule has 3 aromatic rings. The van der Waals surface area contributed by atoms with Crippen LogP contribution >= 0.6 is 11.8 Å². The first kappa shape index (κ1) is 23.9. The molecule has 4 heterocycles. The Labute approximate surface area is 210 Å². The average Bonchev–Trinajstić information content (AvgIpc) is 3.31. The number of likely N-dealkylation sites (N-methyl/N-ethyl adjacent to an activating group) is 1. The van der Waals surface area contributed by atoms with E-state index in [-0.39, 0.29) is 11.9 Å². The summed E-state index contributed by atoms with van der Waals surface area (Å²) in [6.45, 7) is 6.94. The Morgan fingerprint density at radius 1 is 1.03 bits per heavy atom. The van der Waals surface area contributed by atoms with E-state index in [0.29, 0.717) is 12.5 Å². The number of rotatable bonds is 7. The van der Waals surface area contributed by atoms with Crippen LogP contribution in [0.3, 0.4) is 0 Å². The Balaban J connectivity index is 1.12. The van der Waals surface area contributed by atoms with Crippen LogP contribution in [0.5, 0.6) is 5.75 Å². The van der Waals surface area contributed by atoms with Gasteiger partial charge >= 0.3 is 0 Å². The van der Waals surface area contributed by atoms with E-state index in [1.165, 1.54) is 5.56 Å². The number of carbonyl (C=O) groups excluding carboxylic acids is 1. The summed E-state index contributed by atoms with van der Waals surface area (Å²) in [7, 11) is 1.87. The summed E-state index contributed by atoms with van der Waals surface area (Å²) in [5.74, 6) is 2.59. The van der Waals surface area contributed by atoms with Crippen molar-refractivity contribution in [3.63, 3.8) is 0 Å². The van der Waals surface area contributed by atoms with Gasteiger partial charge in [0.1, 0.15) is 18.2 Å². The number of aromatic nitrogens is 4. The Kier molecular flexibility index (Phi) is 7.10. The summed E-state index contributed by atoms with van der Waals surface area (Å²) < 4.78 is 7.81. The van der Waals surface area contributed by atoms with Gasteiger partial charge in [0.2, 0.25) is 11.1 Å². The molecular weight excluding hydrogens is 462 g/mol. The van der Waals surface area contributed by atoms with Crippen molar-refractivity contribution in [1.29, 1.82) is 0 Å². The zero-order chi connectivity index (χ0) is 24.4. The SMILES string of the molecule is CSc1nnc2ccc(N3CCC(c4ccc(OCCN5CCN(C)C(=O)[C@H]5C)cc4)CC3)nn12. The molecule has 0 N–H and O–H groups in total. The lowest BCUT2D eigenvalue weighted by Gasteiger charge is -2.37. The number of hydrogen-bond donors (Lipinski definition) is 0. The van der Waals surface area contributed by atoms with Crippen molar-refractivity contribution >= 4 is 29.1 Å². The molecule has 2 fully saturated rings. The second-order valence-electron chi connectivity index (χ2n) is 9.30. The minimum absolute atomic E-state index is 0.0769. The number of hydrogen-bond acceptors (Lipinski definition) is 8. The maximum atomic E-state index is 12.2. The summed E-state index contributed by atoms with van der Waals surface area (Å²) in [5.41, 5.74) is 2.14. The second-order valence-corrected chi connectivity index (χ2v) is 10.1. The fourth-order valence-corrected chi connectivity index (χ4v) is 5.41. The van der Waals surface area contributed by atoms with Crippen molar-refractivity contribution in [2.75, 3.05) is 57.5 Å². The van der Waals surface area contributed by atoms with Gasteiger partial charge in [-0.3, -0.25) is 9.69 Å². The summed E-state index contributed by atoms with van der Waals surface area (Å²) in [6.07, 6.45) is 4.17. The monoisotopic (exact) mass is 495 g/mol. The molecule has 5 rings (SSSR count). The predicted octanol–water partition coefficient (Wildman–Crippen LogP) is 2.77. The van der Waals surface area contributed by atoms with Crippen LogP contribution in [-0.2, 0) is 4.79 Å². The molecule has 0 bridgehead atoms. The fraction of sp³-hybridized carbons (Fsp3) is 0.520. The van der Waals surface area contributed by atoms with E-state index in [9.17, 15) is 4.79 Å². The molecular formula is C25H33N7O2S. The van der Waals surface area contributed by atoms with Crippen LogP contribution < -0.4 is 9.64 Å². The van der Waals surface area contributed by atoms with E-state index >= 15 is 0 Å². The van der Waals surface area contributed by atoms with Crippen LogP contribution in [0.2, 0.25) is 0 Å². The first-order valence-corrected chi connectivity index (χ1v) is 13.5. The Morgan fingerprint density at radius 2 is 1.80 bits per heavy atom. The maximum Gasteiger partial charge on any atom is 0.239 e. The molecule has 0 aliphatic carbocycles. The van der Waals surface area contributed by atoms with Crippen molar-refractivity contribution < 1.29 is 9.53 Å². The molecule has 1 aromatic carbocycles. The van der Waals surface area contributed by atoms with Gasteiger partial charge in [-0.05, 0) is 61.8 Å². The van der Waals surface area contributed by atoms with Crippen molar-refractivity contribution in [3.8, 4) is 5.75 Å². The summed E-state index contributed by atoms with van der Waals surface area (Å²) in [5, 5.41) is 13.9. The zero-order valence-electron chi connectivity index (χ0n) is 20.6. The molecule has 1 atom stereocenters.